The maximum atomic E-state index is 13.5. The zero-order valence-electron chi connectivity index (χ0n) is 19.7. The molecule has 0 amide bonds. The van der Waals surface area contributed by atoms with E-state index in [-0.39, 0.29) is 5.56 Å². The van der Waals surface area contributed by atoms with Crippen LogP contribution in [-0.4, -0.2) is 16.0 Å². The van der Waals surface area contributed by atoms with Gasteiger partial charge in [-0.25, -0.2) is 9.67 Å². The second kappa shape index (κ2) is 9.31. The minimum atomic E-state index is -0.195. The van der Waals surface area contributed by atoms with Crippen LogP contribution in [0.1, 0.15) is 12.6 Å². The zero-order valence-corrected chi connectivity index (χ0v) is 20.4. The van der Waals surface area contributed by atoms with Crippen molar-refractivity contribution in [1.82, 2.24) is 9.36 Å². The quantitative estimate of drug-likeness (QED) is 0.298. The molecule has 7 heteroatoms. The van der Waals surface area contributed by atoms with Crippen molar-refractivity contribution < 1.29 is 9.15 Å². The minimum Gasteiger partial charge on any atom is -0.494 e. The number of aromatic nitrogens is 2. The van der Waals surface area contributed by atoms with E-state index in [1.54, 1.807) is 4.68 Å². The first kappa shape index (κ1) is 22.7. The summed E-state index contributed by atoms with van der Waals surface area (Å²) in [6.45, 7) is 4.36. The lowest BCUT2D eigenvalue weighted by Gasteiger charge is -2.08. The second-order valence-electron chi connectivity index (χ2n) is 8.12. The van der Waals surface area contributed by atoms with Crippen molar-refractivity contribution in [3.8, 4) is 22.8 Å². The lowest BCUT2D eigenvalue weighted by atomic mass is 10.1. The summed E-state index contributed by atoms with van der Waals surface area (Å²) in [7, 11) is 1.85. The van der Waals surface area contributed by atoms with E-state index in [4.69, 9.17) is 25.7 Å². The number of hydrogen-bond donors (Lipinski definition) is 0. The van der Waals surface area contributed by atoms with Gasteiger partial charge in [-0.2, -0.15) is 0 Å². The Balaban J connectivity index is 1.79. The molecule has 5 rings (SSSR count). The third kappa shape index (κ3) is 4.29. The molecular formula is C28H24ClN3O3. The van der Waals surface area contributed by atoms with Crippen LogP contribution in [0.3, 0.4) is 0 Å². The van der Waals surface area contributed by atoms with Crippen molar-refractivity contribution in [2.24, 2.45) is 12.0 Å². The van der Waals surface area contributed by atoms with Crippen LogP contribution >= 0.6 is 11.6 Å². The van der Waals surface area contributed by atoms with Gasteiger partial charge in [-0.05, 0) is 68.4 Å². The van der Waals surface area contributed by atoms with Gasteiger partial charge in [0.15, 0.2) is 5.69 Å². The highest BCUT2D eigenvalue weighted by molar-refractivity contribution is 6.30. The summed E-state index contributed by atoms with van der Waals surface area (Å²) >= 11 is 6.08. The number of fused-ring (bicyclic) bond motifs is 1. The number of rotatable bonds is 5. The fourth-order valence-electron chi connectivity index (χ4n) is 4.06. The van der Waals surface area contributed by atoms with E-state index in [0.717, 1.165) is 22.3 Å². The monoisotopic (exact) mass is 485 g/mol. The van der Waals surface area contributed by atoms with Crippen LogP contribution in [0.25, 0.3) is 28.0 Å². The molecular weight excluding hydrogens is 462 g/mol. The van der Waals surface area contributed by atoms with E-state index in [1.165, 1.54) is 0 Å². The molecule has 0 atom stereocenters. The first-order chi connectivity index (χ1) is 17.0. The average molecular weight is 486 g/mol. The Morgan fingerprint density at radius 2 is 1.74 bits per heavy atom. The van der Waals surface area contributed by atoms with E-state index in [1.807, 2.05) is 104 Å². The molecule has 0 bridgehead atoms. The summed E-state index contributed by atoms with van der Waals surface area (Å²) in [5, 5.41) is 2.01. The van der Waals surface area contributed by atoms with Gasteiger partial charge in [0.25, 0.3) is 5.56 Å². The van der Waals surface area contributed by atoms with Gasteiger partial charge in [0, 0.05) is 29.1 Å². The van der Waals surface area contributed by atoms with E-state index < -0.39 is 0 Å². The summed E-state index contributed by atoms with van der Waals surface area (Å²) in [6, 6.07) is 24.4. The first-order valence-corrected chi connectivity index (χ1v) is 11.7. The van der Waals surface area contributed by atoms with Crippen LogP contribution in [0.2, 0.25) is 5.02 Å². The van der Waals surface area contributed by atoms with E-state index >= 15 is 0 Å². The molecule has 0 spiro atoms. The molecule has 35 heavy (non-hydrogen) atoms. The maximum absolute atomic E-state index is 13.5. The molecule has 6 nitrogen and oxygen atoms in total. The smallest absolute Gasteiger partial charge is 0.297 e. The molecule has 0 radical (unpaired) electrons. The Labute approximate surface area is 207 Å². The molecule has 5 aromatic rings. The molecule has 2 aromatic heterocycles. The number of nitrogens with zero attached hydrogens (tertiary/aromatic N) is 3. The zero-order chi connectivity index (χ0) is 24.5. The molecule has 0 aliphatic rings. The Morgan fingerprint density at radius 1 is 1.00 bits per heavy atom. The van der Waals surface area contributed by atoms with Gasteiger partial charge in [0.05, 0.1) is 23.3 Å². The highest BCUT2D eigenvalue weighted by Crippen LogP contribution is 2.26. The number of para-hydroxylation sites is 1. The van der Waals surface area contributed by atoms with Crippen molar-refractivity contribution in [2.75, 3.05) is 6.61 Å². The molecule has 0 fully saturated rings. The van der Waals surface area contributed by atoms with Gasteiger partial charge in [-0.1, -0.05) is 29.8 Å². The first-order valence-electron chi connectivity index (χ1n) is 11.3. The molecule has 0 aliphatic heterocycles. The summed E-state index contributed by atoms with van der Waals surface area (Å²) in [4.78, 5) is 18.4. The average Bonchev–Trinajstić information content (AvgIpc) is 3.08. The summed E-state index contributed by atoms with van der Waals surface area (Å²) in [5.74, 6) is 1.33. The molecule has 0 saturated heterocycles. The number of halogens is 1. The van der Waals surface area contributed by atoms with Crippen molar-refractivity contribution >= 4 is 28.3 Å². The fraction of sp³-hybridized carbons (Fsp3) is 0.143. The van der Waals surface area contributed by atoms with Crippen molar-refractivity contribution in [3.05, 3.63) is 105 Å². The summed E-state index contributed by atoms with van der Waals surface area (Å²) < 4.78 is 15.4. The van der Waals surface area contributed by atoms with E-state index in [2.05, 4.69) is 0 Å². The predicted molar refractivity (Wildman–Crippen MR) is 139 cm³/mol. The third-order valence-corrected chi connectivity index (χ3v) is 6.16. The van der Waals surface area contributed by atoms with Crippen LogP contribution in [0.15, 0.2) is 93.1 Å². The van der Waals surface area contributed by atoms with Crippen molar-refractivity contribution in [1.29, 1.82) is 0 Å². The number of benzene rings is 3. The number of hydrogen-bond acceptors (Lipinski definition) is 4. The molecule has 176 valence electrons. The predicted octanol–water partition coefficient (Wildman–Crippen LogP) is 6.18. The summed E-state index contributed by atoms with van der Waals surface area (Å²) in [5.41, 5.74) is 3.19. The van der Waals surface area contributed by atoms with Gasteiger partial charge in [-0.3, -0.25) is 9.48 Å². The molecule has 0 saturated carbocycles. The third-order valence-electron chi connectivity index (χ3n) is 5.91. The van der Waals surface area contributed by atoms with Crippen molar-refractivity contribution in [2.45, 2.75) is 13.8 Å². The highest BCUT2D eigenvalue weighted by Gasteiger charge is 2.16. The van der Waals surface area contributed by atoms with Gasteiger partial charge >= 0.3 is 0 Å². The van der Waals surface area contributed by atoms with E-state index in [0.29, 0.717) is 39.8 Å². The Hall–Kier alpha value is -4.03. The molecule has 3 aromatic carbocycles. The highest BCUT2D eigenvalue weighted by atomic mass is 35.5. The van der Waals surface area contributed by atoms with Crippen LogP contribution in [0.5, 0.6) is 5.75 Å². The maximum Gasteiger partial charge on any atom is 0.297 e. The lowest BCUT2D eigenvalue weighted by molar-refractivity contribution is 0.340. The Morgan fingerprint density at radius 3 is 2.46 bits per heavy atom. The van der Waals surface area contributed by atoms with Crippen LogP contribution < -0.4 is 15.7 Å². The fourth-order valence-corrected chi connectivity index (χ4v) is 4.18. The minimum absolute atomic E-state index is 0.195. The molecule has 0 aliphatic carbocycles. The molecule has 0 unspecified atom stereocenters. The normalized spacial score (nSPS) is 11.8. The van der Waals surface area contributed by atoms with Gasteiger partial charge in [0.2, 0.25) is 0 Å². The Bertz CT molecular complexity index is 1650. The van der Waals surface area contributed by atoms with Crippen LogP contribution in [0.4, 0.5) is 5.69 Å². The second-order valence-corrected chi connectivity index (χ2v) is 8.55. The molecule has 0 N–H and O–H groups in total. The van der Waals surface area contributed by atoms with Gasteiger partial charge < -0.3 is 9.15 Å². The van der Waals surface area contributed by atoms with Crippen LogP contribution in [0, 0.1) is 6.92 Å². The SMILES string of the molecule is CCOc1ccc2oc(-c3ccc(Cl)cc3)cc(=Nc3c(C)n(C)n(-c4ccccc4)c3=O)c2c1. The van der Waals surface area contributed by atoms with Crippen LogP contribution in [-0.2, 0) is 7.05 Å². The van der Waals surface area contributed by atoms with Crippen molar-refractivity contribution in [3.63, 3.8) is 0 Å². The lowest BCUT2D eigenvalue weighted by Crippen LogP contribution is -2.19. The van der Waals surface area contributed by atoms with Gasteiger partial charge in [0.1, 0.15) is 17.1 Å². The topological polar surface area (TPSA) is 61.7 Å². The summed E-state index contributed by atoms with van der Waals surface area (Å²) in [6.07, 6.45) is 0. The molecule has 2 heterocycles. The number of ether oxygens (including phenoxy) is 1. The van der Waals surface area contributed by atoms with E-state index in [9.17, 15) is 4.79 Å². The standard InChI is InChI=1S/C28H24ClN3O3/c1-4-34-22-14-15-25-23(16-22)24(17-26(35-25)19-10-12-20(29)13-11-19)30-27-18(2)31(3)32(28(27)33)21-8-6-5-7-9-21/h5-17H,4H2,1-3H3. The van der Waals surface area contributed by atoms with Gasteiger partial charge in [-0.15, -0.1) is 0 Å². The Kier molecular flexibility index (Phi) is 6.05. The largest absolute Gasteiger partial charge is 0.494 e.